The van der Waals surface area contributed by atoms with Gasteiger partial charge in [0.25, 0.3) is 5.91 Å². The van der Waals surface area contributed by atoms with Gasteiger partial charge in [-0.25, -0.2) is 9.59 Å². The first kappa shape index (κ1) is 18.1. The van der Waals surface area contributed by atoms with E-state index in [0.717, 1.165) is 4.90 Å². The molecule has 0 radical (unpaired) electrons. The second-order valence-corrected chi connectivity index (χ2v) is 5.57. The first-order valence-corrected chi connectivity index (χ1v) is 7.81. The van der Waals surface area contributed by atoms with E-state index in [2.05, 4.69) is 10.1 Å². The molecule has 0 aliphatic carbocycles. The van der Waals surface area contributed by atoms with Crippen molar-refractivity contribution in [1.82, 2.24) is 10.2 Å². The van der Waals surface area contributed by atoms with Gasteiger partial charge < -0.3 is 24.3 Å². The number of methoxy groups -OCH3 is 2. The van der Waals surface area contributed by atoms with Gasteiger partial charge in [0.15, 0.2) is 11.5 Å². The number of imide groups is 1. The number of hydrogen-bond acceptors (Lipinski definition) is 7. The fourth-order valence-electron chi connectivity index (χ4n) is 2.49. The van der Waals surface area contributed by atoms with Gasteiger partial charge in [0, 0.05) is 0 Å². The number of aromatic hydroxyl groups is 1. The maximum Gasteiger partial charge on any atom is 0.373 e. The molecule has 2 aromatic rings. The van der Waals surface area contributed by atoms with E-state index in [0.29, 0.717) is 5.56 Å². The maximum atomic E-state index is 12.5. The van der Waals surface area contributed by atoms with E-state index in [4.69, 9.17) is 9.15 Å². The zero-order valence-electron chi connectivity index (χ0n) is 14.5. The van der Waals surface area contributed by atoms with E-state index >= 15 is 0 Å². The molecular weight excluding hydrogens is 356 g/mol. The van der Waals surface area contributed by atoms with Gasteiger partial charge in [-0.3, -0.25) is 9.69 Å². The van der Waals surface area contributed by atoms with Crippen molar-refractivity contribution in [2.24, 2.45) is 0 Å². The lowest BCUT2D eigenvalue weighted by molar-refractivity contribution is -0.123. The van der Waals surface area contributed by atoms with Gasteiger partial charge in [0.2, 0.25) is 5.76 Å². The molecule has 0 spiro atoms. The van der Waals surface area contributed by atoms with E-state index < -0.39 is 17.9 Å². The number of esters is 1. The topological polar surface area (TPSA) is 118 Å². The van der Waals surface area contributed by atoms with Gasteiger partial charge >= 0.3 is 12.0 Å². The van der Waals surface area contributed by atoms with Crippen LogP contribution in [0.5, 0.6) is 11.5 Å². The molecule has 1 fully saturated rings. The van der Waals surface area contributed by atoms with Crippen LogP contribution in [0.2, 0.25) is 0 Å². The summed E-state index contributed by atoms with van der Waals surface area (Å²) in [4.78, 5) is 37.0. The molecule has 3 amide bonds. The lowest BCUT2D eigenvalue weighted by Crippen LogP contribution is -2.30. The predicted molar refractivity (Wildman–Crippen MR) is 91.8 cm³/mol. The minimum atomic E-state index is -0.652. The molecule has 0 saturated carbocycles. The van der Waals surface area contributed by atoms with Crippen LogP contribution in [0.4, 0.5) is 4.79 Å². The number of nitrogens with one attached hydrogen (secondary N) is 1. The standard InChI is InChI=1S/C18H16N2O7/c1-25-15-8-10(3-5-13(15)21)7-12-16(22)20(18(24)19-12)9-11-4-6-14(27-11)17(23)26-2/h3-8,21H,9H2,1-2H3,(H,19,24)/b12-7+. The van der Waals surface area contributed by atoms with Crippen molar-refractivity contribution in [3.63, 3.8) is 0 Å². The molecule has 1 aromatic heterocycles. The van der Waals surface area contributed by atoms with Gasteiger partial charge in [-0.1, -0.05) is 6.07 Å². The third kappa shape index (κ3) is 3.61. The Morgan fingerprint density at radius 3 is 2.74 bits per heavy atom. The Balaban J connectivity index is 1.78. The van der Waals surface area contributed by atoms with Gasteiger partial charge in [0.1, 0.15) is 11.5 Å². The van der Waals surface area contributed by atoms with Crippen molar-refractivity contribution >= 4 is 24.0 Å². The number of rotatable bonds is 5. The summed E-state index contributed by atoms with van der Waals surface area (Å²) in [5.41, 5.74) is 0.619. The number of carbonyl (C=O) groups excluding carboxylic acids is 3. The maximum absolute atomic E-state index is 12.5. The second-order valence-electron chi connectivity index (χ2n) is 5.57. The summed E-state index contributed by atoms with van der Waals surface area (Å²) in [5, 5.41) is 12.1. The average molecular weight is 372 g/mol. The number of benzene rings is 1. The van der Waals surface area contributed by atoms with Crippen LogP contribution in [-0.2, 0) is 16.1 Å². The van der Waals surface area contributed by atoms with Crippen LogP contribution in [0.15, 0.2) is 40.4 Å². The predicted octanol–water partition coefficient (Wildman–Crippen LogP) is 1.87. The van der Waals surface area contributed by atoms with Gasteiger partial charge in [0.05, 0.1) is 20.8 Å². The molecule has 9 nitrogen and oxygen atoms in total. The molecular formula is C18H16N2O7. The molecule has 1 aliphatic rings. The van der Waals surface area contributed by atoms with E-state index in [9.17, 15) is 19.5 Å². The van der Waals surface area contributed by atoms with Crippen LogP contribution in [0, 0.1) is 0 Å². The summed E-state index contributed by atoms with van der Waals surface area (Å²) in [6, 6.07) is 6.79. The number of ether oxygens (including phenoxy) is 2. The third-order valence-electron chi connectivity index (χ3n) is 3.84. The fraction of sp³-hybridized carbons (Fsp3) is 0.167. The first-order chi connectivity index (χ1) is 12.9. The number of hydrogen-bond donors (Lipinski definition) is 2. The zero-order chi connectivity index (χ0) is 19.6. The molecule has 1 aliphatic heterocycles. The Kier molecular flexibility index (Phi) is 4.84. The highest BCUT2D eigenvalue weighted by Gasteiger charge is 2.34. The molecule has 3 rings (SSSR count). The SMILES string of the molecule is COC(=O)c1ccc(CN2C(=O)N/C(=C/c3ccc(O)c(OC)c3)C2=O)o1. The Hall–Kier alpha value is -3.75. The van der Waals surface area contributed by atoms with Crippen molar-refractivity contribution < 1.29 is 33.4 Å². The highest BCUT2D eigenvalue weighted by molar-refractivity contribution is 6.13. The highest BCUT2D eigenvalue weighted by atomic mass is 16.5. The van der Waals surface area contributed by atoms with E-state index in [1.165, 1.54) is 44.6 Å². The van der Waals surface area contributed by atoms with Gasteiger partial charge in [-0.15, -0.1) is 0 Å². The molecule has 2 N–H and O–H groups in total. The molecule has 0 unspecified atom stereocenters. The summed E-state index contributed by atoms with van der Waals surface area (Å²) in [6.45, 7) is -0.141. The first-order valence-electron chi connectivity index (χ1n) is 7.81. The minimum Gasteiger partial charge on any atom is -0.504 e. The number of nitrogens with zero attached hydrogens (tertiary/aromatic N) is 1. The van der Waals surface area contributed by atoms with E-state index in [1.807, 2.05) is 0 Å². The van der Waals surface area contributed by atoms with Crippen molar-refractivity contribution in [3.05, 3.63) is 53.1 Å². The Labute approximate surface area is 153 Å². The fourth-order valence-corrected chi connectivity index (χ4v) is 2.49. The third-order valence-corrected chi connectivity index (χ3v) is 3.84. The summed E-state index contributed by atoms with van der Waals surface area (Å²) in [7, 11) is 2.62. The van der Waals surface area contributed by atoms with Crippen molar-refractivity contribution in [1.29, 1.82) is 0 Å². The van der Waals surface area contributed by atoms with Gasteiger partial charge in [-0.2, -0.15) is 0 Å². The van der Waals surface area contributed by atoms with Crippen molar-refractivity contribution in [2.45, 2.75) is 6.54 Å². The average Bonchev–Trinajstić information content (AvgIpc) is 3.23. The lowest BCUT2D eigenvalue weighted by atomic mass is 10.1. The Bertz CT molecular complexity index is 945. The normalized spacial score (nSPS) is 15.2. The molecule has 140 valence electrons. The van der Waals surface area contributed by atoms with Crippen LogP contribution in [0.25, 0.3) is 6.08 Å². The summed E-state index contributed by atoms with van der Waals surface area (Å²) in [5.74, 6) is -0.771. The molecule has 9 heteroatoms. The number of carbonyl (C=O) groups is 3. The quantitative estimate of drug-likeness (QED) is 0.467. The molecule has 1 aromatic carbocycles. The van der Waals surface area contributed by atoms with Crippen LogP contribution in [0.3, 0.4) is 0 Å². The monoisotopic (exact) mass is 372 g/mol. The van der Waals surface area contributed by atoms with E-state index in [-0.39, 0.29) is 35.3 Å². The van der Waals surface area contributed by atoms with Crippen molar-refractivity contribution in [3.8, 4) is 11.5 Å². The molecule has 27 heavy (non-hydrogen) atoms. The molecule has 0 bridgehead atoms. The number of phenols is 1. The smallest absolute Gasteiger partial charge is 0.373 e. The minimum absolute atomic E-state index is 0.0218. The van der Waals surface area contributed by atoms with Crippen LogP contribution in [0.1, 0.15) is 21.9 Å². The molecule has 2 heterocycles. The second kappa shape index (κ2) is 7.24. The number of amides is 3. The van der Waals surface area contributed by atoms with Crippen LogP contribution in [-0.4, -0.2) is 42.1 Å². The highest BCUT2D eigenvalue weighted by Crippen LogP contribution is 2.27. The summed E-state index contributed by atoms with van der Waals surface area (Å²) >= 11 is 0. The van der Waals surface area contributed by atoms with E-state index in [1.54, 1.807) is 6.07 Å². The summed E-state index contributed by atoms with van der Waals surface area (Å²) < 4.78 is 14.8. The Morgan fingerprint density at radius 1 is 1.26 bits per heavy atom. The molecule has 1 saturated heterocycles. The summed E-state index contributed by atoms with van der Waals surface area (Å²) in [6.07, 6.45) is 1.46. The molecule has 0 atom stereocenters. The van der Waals surface area contributed by atoms with Crippen LogP contribution < -0.4 is 10.1 Å². The van der Waals surface area contributed by atoms with Crippen molar-refractivity contribution in [2.75, 3.05) is 14.2 Å². The lowest BCUT2D eigenvalue weighted by Gasteiger charge is -2.09. The number of urea groups is 1. The number of phenolic OH excluding ortho intramolecular Hbond substituents is 1. The largest absolute Gasteiger partial charge is 0.504 e. The van der Waals surface area contributed by atoms with Crippen LogP contribution >= 0.6 is 0 Å². The van der Waals surface area contributed by atoms with Gasteiger partial charge in [-0.05, 0) is 35.9 Å². The Morgan fingerprint density at radius 2 is 2.04 bits per heavy atom. The zero-order valence-corrected chi connectivity index (χ0v) is 14.5. The number of furan rings is 1.